The summed E-state index contributed by atoms with van der Waals surface area (Å²) in [5, 5.41) is 6.25. The van der Waals surface area contributed by atoms with Crippen molar-refractivity contribution in [1.82, 2.24) is 10.4 Å². The van der Waals surface area contributed by atoms with E-state index < -0.39 is 11.7 Å². The van der Waals surface area contributed by atoms with E-state index in [4.69, 9.17) is 17.0 Å². The molecule has 1 aromatic carbocycles. The minimum atomic E-state index is -4.51. The normalized spacial score (nSPS) is 11.4. The zero-order chi connectivity index (χ0) is 18.3. The lowest BCUT2D eigenvalue weighted by atomic mass is 10.2. The van der Waals surface area contributed by atoms with Crippen molar-refractivity contribution >= 4 is 29.2 Å². The second kappa shape index (κ2) is 8.43. The van der Waals surface area contributed by atoms with Crippen molar-refractivity contribution in [2.24, 2.45) is 5.10 Å². The summed E-state index contributed by atoms with van der Waals surface area (Å²) in [6.45, 7) is 2.36. The van der Waals surface area contributed by atoms with E-state index in [-0.39, 0.29) is 10.8 Å². The Labute approximate surface area is 147 Å². The van der Waals surface area contributed by atoms with Gasteiger partial charge in [0.1, 0.15) is 5.75 Å². The number of rotatable bonds is 5. The Balaban J connectivity index is 2.03. The first-order chi connectivity index (χ1) is 11.9. The molecule has 0 bridgehead atoms. The summed E-state index contributed by atoms with van der Waals surface area (Å²) in [5.41, 5.74) is 2.06. The number of anilines is 1. The number of hydrazone groups is 1. The van der Waals surface area contributed by atoms with Crippen LogP contribution in [-0.4, -0.2) is 22.9 Å². The van der Waals surface area contributed by atoms with E-state index in [1.165, 1.54) is 6.21 Å². The second-order valence-electron chi connectivity index (χ2n) is 4.71. The van der Waals surface area contributed by atoms with Gasteiger partial charge >= 0.3 is 6.18 Å². The summed E-state index contributed by atoms with van der Waals surface area (Å²) in [6, 6.07) is 8.07. The van der Waals surface area contributed by atoms with Gasteiger partial charge in [-0.25, -0.2) is 0 Å². The first-order valence-corrected chi connectivity index (χ1v) is 7.65. The molecule has 0 fully saturated rings. The quantitative estimate of drug-likeness (QED) is 0.477. The van der Waals surface area contributed by atoms with Gasteiger partial charge in [0.15, 0.2) is 5.11 Å². The average Bonchev–Trinajstić information content (AvgIpc) is 2.56. The number of aromatic nitrogens is 1. The molecule has 2 aromatic rings. The van der Waals surface area contributed by atoms with Gasteiger partial charge in [-0.2, -0.15) is 18.3 Å². The highest BCUT2D eigenvalue weighted by Crippen LogP contribution is 2.33. The fourth-order valence-electron chi connectivity index (χ4n) is 1.93. The third-order valence-corrected chi connectivity index (χ3v) is 3.16. The zero-order valence-corrected chi connectivity index (χ0v) is 14.0. The minimum absolute atomic E-state index is 0.0939. The van der Waals surface area contributed by atoms with Crippen LogP contribution in [0.2, 0.25) is 0 Å². The lowest BCUT2D eigenvalue weighted by Crippen LogP contribution is -2.25. The van der Waals surface area contributed by atoms with E-state index in [2.05, 4.69) is 20.8 Å². The minimum Gasteiger partial charge on any atom is -0.493 e. The van der Waals surface area contributed by atoms with Crippen molar-refractivity contribution < 1.29 is 17.9 Å². The van der Waals surface area contributed by atoms with E-state index in [9.17, 15) is 13.2 Å². The number of benzene rings is 1. The zero-order valence-electron chi connectivity index (χ0n) is 13.2. The lowest BCUT2D eigenvalue weighted by molar-refractivity contribution is -0.137. The molecular formula is C16H15F3N4OS. The van der Waals surface area contributed by atoms with Gasteiger partial charge < -0.3 is 10.1 Å². The van der Waals surface area contributed by atoms with Crippen LogP contribution in [0.1, 0.15) is 18.1 Å². The van der Waals surface area contributed by atoms with E-state index in [1.54, 1.807) is 12.1 Å². The Bertz CT molecular complexity index is 765. The summed E-state index contributed by atoms with van der Waals surface area (Å²) < 4.78 is 44.2. The van der Waals surface area contributed by atoms with Crippen LogP contribution < -0.4 is 15.5 Å². The molecule has 25 heavy (non-hydrogen) atoms. The predicted octanol–water partition coefficient (Wildman–Crippen LogP) is 3.82. The molecule has 0 amide bonds. The van der Waals surface area contributed by atoms with Gasteiger partial charge in [0.05, 0.1) is 30.3 Å². The van der Waals surface area contributed by atoms with Crippen LogP contribution in [0.5, 0.6) is 5.75 Å². The van der Waals surface area contributed by atoms with Gasteiger partial charge in [0.25, 0.3) is 0 Å². The van der Waals surface area contributed by atoms with E-state index in [1.807, 2.05) is 19.1 Å². The summed E-state index contributed by atoms with van der Waals surface area (Å²) in [7, 11) is 0. The number of ether oxygens (including phenoxy) is 1. The summed E-state index contributed by atoms with van der Waals surface area (Å²) >= 11 is 4.96. The summed E-state index contributed by atoms with van der Waals surface area (Å²) in [4.78, 5) is 3.67. The number of para-hydroxylation sites is 1. The highest BCUT2D eigenvalue weighted by Gasteiger charge is 2.33. The van der Waals surface area contributed by atoms with Crippen LogP contribution in [0.3, 0.4) is 0 Å². The molecule has 1 heterocycles. The van der Waals surface area contributed by atoms with Gasteiger partial charge in [0.2, 0.25) is 0 Å². The smallest absolute Gasteiger partial charge is 0.418 e. The van der Waals surface area contributed by atoms with Gasteiger partial charge in [-0.15, -0.1) is 0 Å². The van der Waals surface area contributed by atoms with Crippen LogP contribution in [0, 0.1) is 0 Å². The number of nitrogens with one attached hydrogen (secondary N) is 2. The van der Waals surface area contributed by atoms with Gasteiger partial charge in [-0.1, -0.05) is 12.1 Å². The molecule has 5 nitrogen and oxygen atoms in total. The molecule has 2 rings (SSSR count). The topological polar surface area (TPSA) is 58.5 Å². The molecular weight excluding hydrogens is 353 g/mol. The third-order valence-electron chi connectivity index (χ3n) is 2.96. The van der Waals surface area contributed by atoms with Gasteiger partial charge in [-0.05, 0) is 37.3 Å². The average molecular weight is 368 g/mol. The molecule has 0 aliphatic rings. The SMILES string of the molecule is CCOc1ccccc1/C=N/NC(=S)Nc1cnccc1C(F)(F)F. The van der Waals surface area contributed by atoms with E-state index in [0.717, 1.165) is 18.5 Å². The lowest BCUT2D eigenvalue weighted by Gasteiger charge is -2.13. The van der Waals surface area contributed by atoms with Gasteiger partial charge in [-0.3, -0.25) is 10.4 Å². The molecule has 0 saturated carbocycles. The molecule has 1 aromatic heterocycles. The largest absolute Gasteiger partial charge is 0.493 e. The fourth-order valence-corrected chi connectivity index (χ4v) is 2.09. The Morgan fingerprint density at radius 2 is 2.08 bits per heavy atom. The fraction of sp³-hybridized carbons (Fsp3) is 0.188. The number of halogens is 3. The molecule has 132 valence electrons. The van der Waals surface area contributed by atoms with Crippen molar-refractivity contribution in [1.29, 1.82) is 0 Å². The molecule has 9 heteroatoms. The van der Waals surface area contributed by atoms with Crippen molar-refractivity contribution in [3.63, 3.8) is 0 Å². The van der Waals surface area contributed by atoms with Crippen LogP contribution >= 0.6 is 12.2 Å². The molecule has 0 atom stereocenters. The second-order valence-corrected chi connectivity index (χ2v) is 5.12. The molecule has 2 N–H and O–H groups in total. The van der Waals surface area contributed by atoms with Crippen molar-refractivity contribution in [3.05, 3.63) is 53.9 Å². The first kappa shape index (κ1) is 18.7. The van der Waals surface area contributed by atoms with Crippen LogP contribution in [0.4, 0.5) is 18.9 Å². The molecule has 0 aliphatic heterocycles. The highest BCUT2D eigenvalue weighted by atomic mass is 32.1. The van der Waals surface area contributed by atoms with Crippen molar-refractivity contribution in [2.45, 2.75) is 13.1 Å². The Morgan fingerprint density at radius 3 is 2.80 bits per heavy atom. The monoisotopic (exact) mass is 368 g/mol. The number of thiocarbonyl (C=S) groups is 1. The molecule has 0 aliphatic carbocycles. The predicted molar refractivity (Wildman–Crippen MR) is 93.8 cm³/mol. The summed E-state index contributed by atoms with van der Waals surface area (Å²) in [6.07, 6.45) is -0.939. The van der Waals surface area contributed by atoms with Crippen LogP contribution in [0.15, 0.2) is 47.8 Å². The highest BCUT2D eigenvalue weighted by molar-refractivity contribution is 7.80. The number of pyridine rings is 1. The number of nitrogens with zero attached hydrogens (tertiary/aromatic N) is 2. The molecule has 0 radical (unpaired) electrons. The Morgan fingerprint density at radius 1 is 1.32 bits per heavy atom. The maximum atomic E-state index is 12.9. The van der Waals surface area contributed by atoms with E-state index in [0.29, 0.717) is 17.9 Å². The number of hydrogen-bond donors (Lipinski definition) is 2. The number of alkyl halides is 3. The van der Waals surface area contributed by atoms with Gasteiger partial charge in [0, 0.05) is 11.8 Å². The molecule has 0 saturated heterocycles. The summed E-state index contributed by atoms with van der Waals surface area (Å²) in [5.74, 6) is 0.640. The van der Waals surface area contributed by atoms with Crippen LogP contribution in [-0.2, 0) is 6.18 Å². The third kappa shape index (κ3) is 5.42. The van der Waals surface area contributed by atoms with E-state index >= 15 is 0 Å². The van der Waals surface area contributed by atoms with Crippen LogP contribution in [0.25, 0.3) is 0 Å². The Kier molecular flexibility index (Phi) is 6.29. The molecule has 0 spiro atoms. The molecule has 0 unspecified atom stereocenters. The number of hydrogen-bond acceptors (Lipinski definition) is 4. The Hall–Kier alpha value is -2.68. The van der Waals surface area contributed by atoms with Crippen molar-refractivity contribution in [3.8, 4) is 5.75 Å². The first-order valence-electron chi connectivity index (χ1n) is 7.25. The maximum absolute atomic E-state index is 12.9. The van der Waals surface area contributed by atoms with Crippen molar-refractivity contribution in [2.75, 3.05) is 11.9 Å². The maximum Gasteiger partial charge on any atom is 0.418 e. The standard InChI is InChI=1S/C16H15F3N4OS/c1-2-24-14-6-4-3-5-11(14)9-21-23-15(25)22-13-10-20-8-7-12(13)16(17,18)19/h3-10H,2H2,1H3,(H2,22,23,25)/b21-9+.